The Kier molecular flexibility index (Phi) is 9.28. The second kappa shape index (κ2) is 13.0. The summed E-state index contributed by atoms with van der Waals surface area (Å²) in [5.41, 5.74) is 8.93. The SMILES string of the molecule is CNc1ccc(Oc2ccnc3cc(C)ccc23)c(F)c1.Cc1c(C=O)c(=O)n(-c2ccccc2)n1CC(O)CN. The fourth-order valence-electron chi connectivity index (χ4n) is 4.30. The number of nitrogens with two attached hydrogens (primary N) is 1. The van der Waals surface area contributed by atoms with Crippen LogP contribution in [-0.2, 0) is 6.54 Å². The number of hydrogen-bond acceptors (Lipinski definition) is 7. The number of halogens is 1. The molecule has 0 saturated carbocycles. The molecule has 9 nitrogen and oxygen atoms in total. The van der Waals surface area contributed by atoms with Crippen molar-refractivity contribution in [1.29, 1.82) is 0 Å². The molecule has 0 saturated heterocycles. The van der Waals surface area contributed by atoms with Crippen LogP contribution in [0, 0.1) is 19.7 Å². The van der Waals surface area contributed by atoms with E-state index < -0.39 is 17.5 Å². The molecule has 5 rings (SSSR count). The van der Waals surface area contributed by atoms with Crippen LogP contribution in [0.3, 0.4) is 0 Å². The molecule has 0 bridgehead atoms. The molecule has 1 atom stereocenters. The normalized spacial score (nSPS) is 11.5. The number of nitrogens with zero attached hydrogens (tertiary/aromatic N) is 3. The average molecular weight is 558 g/mol. The predicted octanol–water partition coefficient (Wildman–Crippen LogP) is 4.60. The number of pyridine rings is 1. The van der Waals surface area contributed by atoms with Gasteiger partial charge in [0.25, 0.3) is 5.56 Å². The van der Waals surface area contributed by atoms with Crippen LogP contribution in [0.4, 0.5) is 10.1 Å². The molecule has 2 aromatic heterocycles. The number of aldehydes is 1. The van der Waals surface area contributed by atoms with Crippen LogP contribution in [0.15, 0.2) is 83.8 Å². The second-order valence-electron chi connectivity index (χ2n) is 9.37. The number of ether oxygens (including phenoxy) is 1. The van der Waals surface area contributed by atoms with Gasteiger partial charge in [-0.2, -0.15) is 0 Å². The van der Waals surface area contributed by atoms with E-state index in [4.69, 9.17) is 10.5 Å². The maximum atomic E-state index is 14.0. The number of nitrogens with one attached hydrogen (secondary N) is 1. The van der Waals surface area contributed by atoms with E-state index in [0.29, 0.717) is 29.1 Å². The first-order valence-corrected chi connectivity index (χ1v) is 13.0. The van der Waals surface area contributed by atoms with Gasteiger partial charge in [-0.25, -0.2) is 9.07 Å². The topological polar surface area (TPSA) is 124 Å². The van der Waals surface area contributed by atoms with E-state index in [1.54, 1.807) is 67.3 Å². The lowest BCUT2D eigenvalue weighted by molar-refractivity contribution is 0.112. The number of fused-ring (bicyclic) bond motifs is 1. The zero-order chi connectivity index (χ0) is 29.5. The Labute approximate surface area is 236 Å². The van der Waals surface area contributed by atoms with Gasteiger partial charge in [-0.15, -0.1) is 0 Å². The molecule has 0 spiro atoms. The Morgan fingerprint density at radius 1 is 1.07 bits per heavy atom. The van der Waals surface area contributed by atoms with E-state index in [2.05, 4.69) is 10.3 Å². The quantitative estimate of drug-likeness (QED) is 0.238. The summed E-state index contributed by atoms with van der Waals surface area (Å²) in [6, 6.07) is 21.4. The number of carbonyl (C=O) groups is 1. The lowest BCUT2D eigenvalue weighted by Crippen LogP contribution is -2.30. The number of carbonyl (C=O) groups excluding carboxylic acids is 1. The summed E-state index contributed by atoms with van der Waals surface area (Å²) in [6.07, 6.45) is 1.43. The van der Waals surface area contributed by atoms with E-state index in [9.17, 15) is 19.1 Å². The second-order valence-corrected chi connectivity index (χ2v) is 9.37. The molecule has 5 aromatic rings. The highest BCUT2D eigenvalue weighted by atomic mass is 19.1. The van der Waals surface area contributed by atoms with Crippen LogP contribution in [0.2, 0.25) is 0 Å². The summed E-state index contributed by atoms with van der Waals surface area (Å²) in [7, 11) is 1.74. The minimum Gasteiger partial charge on any atom is -0.454 e. The van der Waals surface area contributed by atoms with Gasteiger partial charge in [0.05, 0.1) is 23.9 Å². The molecule has 1 unspecified atom stereocenters. The fraction of sp³-hybridized carbons (Fsp3) is 0.194. The van der Waals surface area contributed by atoms with Gasteiger partial charge in [-0.05, 0) is 61.9 Å². The van der Waals surface area contributed by atoms with E-state index >= 15 is 0 Å². The van der Waals surface area contributed by atoms with Crippen molar-refractivity contribution in [2.24, 2.45) is 5.73 Å². The molecule has 212 valence electrons. The van der Waals surface area contributed by atoms with Crippen molar-refractivity contribution < 1.29 is 19.0 Å². The molecule has 3 aromatic carbocycles. The first kappa shape index (κ1) is 29.2. The number of aryl methyl sites for hydroxylation is 1. The van der Waals surface area contributed by atoms with Gasteiger partial charge in [0.1, 0.15) is 11.3 Å². The maximum absolute atomic E-state index is 14.0. The van der Waals surface area contributed by atoms with Crippen LogP contribution in [0.5, 0.6) is 11.5 Å². The third kappa shape index (κ3) is 6.51. The third-order valence-electron chi connectivity index (χ3n) is 6.51. The molecule has 0 radical (unpaired) electrons. The predicted molar refractivity (Wildman–Crippen MR) is 158 cm³/mol. The number of aromatic nitrogens is 3. The van der Waals surface area contributed by atoms with E-state index in [1.165, 1.54) is 10.7 Å². The van der Waals surface area contributed by atoms with Crippen molar-refractivity contribution in [3.63, 3.8) is 0 Å². The van der Waals surface area contributed by atoms with E-state index in [-0.39, 0.29) is 24.4 Å². The smallest absolute Gasteiger partial charge is 0.282 e. The number of aliphatic hydroxyl groups is 1. The van der Waals surface area contributed by atoms with Gasteiger partial charge in [-0.3, -0.25) is 19.3 Å². The zero-order valence-electron chi connectivity index (χ0n) is 23.0. The molecule has 2 heterocycles. The maximum Gasteiger partial charge on any atom is 0.282 e. The Balaban J connectivity index is 0.000000189. The van der Waals surface area contributed by atoms with Crippen molar-refractivity contribution in [3.8, 4) is 17.2 Å². The molecule has 10 heteroatoms. The number of aliphatic hydroxyl groups excluding tert-OH is 1. The summed E-state index contributed by atoms with van der Waals surface area (Å²) in [4.78, 5) is 27.7. The minimum atomic E-state index is -0.782. The summed E-state index contributed by atoms with van der Waals surface area (Å²) < 4.78 is 22.7. The third-order valence-corrected chi connectivity index (χ3v) is 6.51. The summed E-state index contributed by atoms with van der Waals surface area (Å²) in [5, 5.41) is 13.5. The number of hydrogen-bond donors (Lipinski definition) is 3. The molecule has 41 heavy (non-hydrogen) atoms. The lowest BCUT2D eigenvalue weighted by Gasteiger charge is -2.16. The Hall–Kier alpha value is -4.80. The highest BCUT2D eigenvalue weighted by Gasteiger charge is 2.19. The largest absolute Gasteiger partial charge is 0.454 e. The monoisotopic (exact) mass is 557 g/mol. The molecular weight excluding hydrogens is 525 g/mol. The van der Waals surface area contributed by atoms with Crippen molar-refractivity contribution in [2.45, 2.75) is 26.5 Å². The molecular formula is C31H32FN5O4. The number of benzene rings is 3. The highest BCUT2D eigenvalue weighted by Crippen LogP contribution is 2.31. The molecule has 0 aliphatic rings. The summed E-state index contributed by atoms with van der Waals surface area (Å²) in [5.74, 6) is 0.386. The number of para-hydroxylation sites is 1. The van der Waals surface area contributed by atoms with Gasteiger partial charge in [0.15, 0.2) is 17.9 Å². The van der Waals surface area contributed by atoms with Gasteiger partial charge >= 0.3 is 0 Å². The van der Waals surface area contributed by atoms with Crippen LogP contribution in [0.25, 0.3) is 16.6 Å². The van der Waals surface area contributed by atoms with Crippen molar-refractivity contribution >= 4 is 22.9 Å². The van der Waals surface area contributed by atoms with Gasteiger partial charge in [0.2, 0.25) is 0 Å². The van der Waals surface area contributed by atoms with Crippen molar-refractivity contribution in [2.75, 3.05) is 18.9 Å². The van der Waals surface area contributed by atoms with E-state index in [1.807, 2.05) is 31.2 Å². The first-order valence-electron chi connectivity index (χ1n) is 13.0. The summed E-state index contributed by atoms with van der Waals surface area (Å²) in [6.45, 7) is 3.91. The van der Waals surface area contributed by atoms with Gasteiger partial charge in [-0.1, -0.05) is 24.3 Å². The van der Waals surface area contributed by atoms with Crippen LogP contribution in [-0.4, -0.2) is 45.4 Å². The standard InChI is InChI=1S/C17H15FN2O.C14H17N3O3/c1-11-3-5-13-15(9-11)20-8-7-16(13)21-17-6-4-12(19-2)10-14(17)18;1-10-13(9-18)14(20)17(11-5-3-2-4-6-11)16(10)8-12(19)7-15/h3-10,19H,1-2H3;2-6,9,12,19H,7-8,15H2,1H3. The van der Waals surface area contributed by atoms with Gasteiger partial charge in [0, 0.05) is 42.6 Å². The minimum absolute atomic E-state index is 0.0804. The summed E-state index contributed by atoms with van der Waals surface area (Å²) >= 11 is 0. The van der Waals surface area contributed by atoms with Crippen LogP contribution >= 0.6 is 0 Å². The number of anilines is 1. The lowest BCUT2D eigenvalue weighted by atomic mass is 10.1. The van der Waals surface area contributed by atoms with Crippen LogP contribution in [0.1, 0.15) is 21.6 Å². The molecule has 0 aliphatic carbocycles. The Bertz CT molecular complexity index is 1720. The average Bonchev–Trinajstić information content (AvgIpc) is 3.22. The Morgan fingerprint density at radius 3 is 2.49 bits per heavy atom. The first-order chi connectivity index (χ1) is 19.8. The molecule has 4 N–H and O–H groups in total. The van der Waals surface area contributed by atoms with E-state index in [0.717, 1.165) is 16.5 Å². The number of rotatable bonds is 8. The molecule has 0 aliphatic heterocycles. The van der Waals surface area contributed by atoms with Crippen LogP contribution < -0.4 is 21.3 Å². The van der Waals surface area contributed by atoms with Gasteiger partial charge < -0.3 is 20.9 Å². The fourth-order valence-corrected chi connectivity index (χ4v) is 4.30. The zero-order valence-corrected chi connectivity index (χ0v) is 23.0. The molecule has 0 amide bonds. The molecule has 0 fully saturated rings. The highest BCUT2D eigenvalue weighted by molar-refractivity contribution is 5.85. The van der Waals surface area contributed by atoms with Crippen molar-refractivity contribution in [3.05, 3.63) is 112 Å². The van der Waals surface area contributed by atoms with Crippen molar-refractivity contribution in [1.82, 2.24) is 14.3 Å². The Morgan fingerprint density at radius 2 is 1.83 bits per heavy atom.